The SMILES string of the molecule is CCCNC(C)c1nnc(NCc2ccc(C)o2)o1. The minimum atomic E-state index is 0.0638. The van der Waals surface area contributed by atoms with Crippen LogP contribution in [0.15, 0.2) is 21.0 Å². The molecule has 19 heavy (non-hydrogen) atoms. The first-order chi connectivity index (χ1) is 9.19. The maximum absolute atomic E-state index is 5.53. The Labute approximate surface area is 112 Å². The molecule has 0 bridgehead atoms. The number of aryl methyl sites for hydroxylation is 1. The van der Waals surface area contributed by atoms with Gasteiger partial charge in [-0.2, -0.15) is 0 Å². The summed E-state index contributed by atoms with van der Waals surface area (Å²) < 4.78 is 11.0. The van der Waals surface area contributed by atoms with Crippen LogP contribution in [0, 0.1) is 6.92 Å². The van der Waals surface area contributed by atoms with E-state index in [1.807, 2.05) is 26.0 Å². The monoisotopic (exact) mass is 264 g/mol. The lowest BCUT2D eigenvalue weighted by molar-refractivity contribution is 0.421. The smallest absolute Gasteiger partial charge is 0.315 e. The van der Waals surface area contributed by atoms with E-state index in [0.29, 0.717) is 18.5 Å². The second-order valence-electron chi connectivity index (χ2n) is 4.49. The molecule has 1 atom stereocenters. The molecular formula is C13H20N4O2. The second-order valence-corrected chi connectivity index (χ2v) is 4.49. The second kappa shape index (κ2) is 6.38. The van der Waals surface area contributed by atoms with Crippen molar-refractivity contribution in [1.82, 2.24) is 15.5 Å². The van der Waals surface area contributed by atoms with Gasteiger partial charge >= 0.3 is 6.01 Å². The highest BCUT2D eigenvalue weighted by atomic mass is 16.4. The Kier molecular flexibility index (Phi) is 4.57. The zero-order valence-electron chi connectivity index (χ0n) is 11.6. The van der Waals surface area contributed by atoms with Gasteiger partial charge in [-0.1, -0.05) is 12.0 Å². The van der Waals surface area contributed by atoms with Gasteiger partial charge in [-0.05, 0) is 38.9 Å². The molecule has 0 aliphatic heterocycles. The molecule has 0 aliphatic rings. The fourth-order valence-corrected chi connectivity index (χ4v) is 1.67. The van der Waals surface area contributed by atoms with E-state index in [4.69, 9.17) is 8.83 Å². The number of hydrogen-bond donors (Lipinski definition) is 2. The molecule has 0 aliphatic carbocycles. The first-order valence-electron chi connectivity index (χ1n) is 6.55. The minimum Gasteiger partial charge on any atom is -0.465 e. The van der Waals surface area contributed by atoms with Gasteiger partial charge in [-0.25, -0.2) is 0 Å². The van der Waals surface area contributed by atoms with Crippen LogP contribution in [0.2, 0.25) is 0 Å². The lowest BCUT2D eigenvalue weighted by atomic mass is 10.3. The molecule has 0 saturated heterocycles. The maximum atomic E-state index is 5.53. The topological polar surface area (TPSA) is 76.1 Å². The van der Waals surface area contributed by atoms with Crippen molar-refractivity contribution in [2.45, 2.75) is 39.8 Å². The molecular weight excluding hydrogens is 244 g/mol. The largest absolute Gasteiger partial charge is 0.465 e. The van der Waals surface area contributed by atoms with Crippen molar-refractivity contribution in [3.8, 4) is 0 Å². The number of nitrogens with zero attached hydrogens (tertiary/aromatic N) is 2. The molecule has 2 heterocycles. The highest BCUT2D eigenvalue weighted by molar-refractivity contribution is 5.20. The van der Waals surface area contributed by atoms with E-state index in [0.717, 1.165) is 24.5 Å². The van der Waals surface area contributed by atoms with E-state index in [1.54, 1.807) is 0 Å². The number of anilines is 1. The van der Waals surface area contributed by atoms with Gasteiger partial charge in [-0.15, -0.1) is 5.10 Å². The Morgan fingerprint density at radius 1 is 1.26 bits per heavy atom. The van der Waals surface area contributed by atoms with E-state index < -0.39 is 0 Å². The quantitative estimate of drug-likeness (QED) is 0.800. The average Bonchev–Trinajstić information content (AvgIpc) is 3.02. The first kappa shape index (κ1) is 13.6. The van der Waals surface area contributed by atoms with Crippen molar-refractivity contribution < 1.29 is 8.83 Å². The van der Waals surface area contributed by atoms with E-state index in [2.05, 4.69) is 27.8 Å². The minimum absolute atomic E-state index is 0.0638. The molecule has 6 nitrogen and oxygen atoms in total. The fraction of sp³-hybridized carbons (Fsp3) is 0.538. The highest BCUT2D eigenvalue weighted by Crippen LogP contribution is 2.15. The third-order valence-electron chi connectivity index (χ3n) is 2.72. The predicted octanol–water partition coefficient (Wildman–Crippen LogP) is 2.64. The van der Waals surface area contributed by atoms with Crippen molar-refractivity contribution in [3.63, 3.8) is 0 Å². The average molecular weight is 264 g/mol. The molecule has 0 saturated carbocycles. The third-order valence-corrected chi connectivity index (χ3v) is 2.72. The van der Waals surface area contributed by atoms with Gasteiger partial charge in [0.05, 0.1) is 12.6 Å². The normalized spacial score (nSPS) is 12.6. The fourth-order valence-electron chi connectivity index (χ4n) is 1.67. The summed E-state index contributed by atoms with van der Waals surface area (Å²) in [6.07, 6.45) is 1.07. The lowest BCUT2D eigenvalue weighted by Gasteiger charge is -2.07. The predicted molar refractivity (Wildman–Crippen MR) is 71.8 cm³/mol. The molecule has 0 fully saturated rings. The zero-order valence-corrected chi connectivity index (χ0v) is 11.6. The molecule has 2 aromatic heterocycles. The van der Waals surface area contributed by atoms with Gasteiger partial charge in [0.25, 0.3) is 0 Å². The number of hydrogen-bond acceptors (Lipinski definition) is 6. The number of nitrogens with one attached hydrogen (secondary N) is 2. The van der Waals surface area contributed by atoms with E-state index in [-0.39, 0.29) is 6.04 Å². The summed E-state index contributed by atoms with van der Waals surface area (Å²) in [5, 5.41) is 14.3. The van der Waals surface area contributed by atoms with Crippen molar-refractivity contribution in [2.24, 2.45) is 0 Å². The van der Waals surface area contributed by atoms with Crippen molar-refractivity contribution in [3.05, 3.63) is 29.5 Å². The Balaban J connectivity index is 1.86. The molecule has 0 amide bonds. The van der Waals surface area contributed by atoms with Gasteiger partial charge in [0, 0.05) is 0 Å². The Morgan fingerprint density at radius 3 is 2.79 bits per heavy atom. The highest BCUT2D eigenvalue weighted by Gasteiger charge is 2.13. The number of rotatable bonds is 7. The zero-order chi connectivity index (χ0) is 13.7. The van der Waals surface area contributed by atoms with Crippen LogP contribution < -0.4 is 10.6 Å². The molecule has 0 spiro atoms. The molecule has 0 radical (unpaired) electrons. The van der Waals surface area contributed by atoms with Gasteiger partial charge in [0.15, 0.2) is 0 Å². The molecule has 1 unspecified atom stereocenters. The number of aromatic nitrogens is 2. The van der Waals surface area contributed by atoms with Crippen LogP contribution in [0.4, 0.5) is 6.01 Å². The third kappa shape index (κ3) is 3.82. The summed E-state index contributed by atoms with van der Waals surface area (Å²) in [7, 11) is 0. The van der Waals surface area contributed by atoms with Crippen molar-refractivity contribution in [2.75, 3.05) is 11.9 Å². The van der Waals surface area contributed by atoms with Crippen LogP contribution in [0.25, 0.3) is 0 Å². The Morgan fingerprint density at radius 2 is 2.11 bits per heavy atom. The molecule has 2 rings (SSSR count). The Hall–Kier alpha value is -1.82. The van der Waals surface area contributed by atoms with Crippen LogP contribution in [0.1, 0.15) is 43.7 Å². The summed E-state index contributed by atoms with van der Waals surface area (Å²) in [6, 6.07) is 4.32. The van der Waals surface area contributed by atoms with Crippen LogP contribution in [-0.4, -0.2) is 16.7 Å². The Bertz CT molecular complexity index is 506. The summed E-state index contributed by atoms with van der Waals surface area (Å²) in [5.41, 5.74) is 0. The van der Waals surface area contributed by atoms with Crippen LogP contribution >= 0.6 is 0 Å². The van der Waals surface area contributed by atoms with E-state index >= 15 is 0 Å². The summed E-state index contributed by atoms with van der Waals surface area (Å²) >= 11 is 0. The first-order valence-corrected chi connectivity index (χ1v) is 6.55. The van der Waals surface area contributed by atoms with Gasteiger partial charge in [-0.3, -0.25) is 0 Å². The number of furan rings is 1. The van der Waals surface area contributed by atoms with Crippen LogP contribution in [0.3, 0.4) is 0 Å². The van der Waals surface area contributed by atoms with Gasteiger partial charge < -0.3 is 19.5 Å². The molecule has 0 aromatic carbocycles. The van der Waals surface area contributed by atoms with Crippen LogP contribution in [0.5, 0.6) is 0 Å². The summed E-state index contributed by atoms with van der Waals surface area (Å²) in [5.74, 6) is 2.32. The van der Waals surface area contributed by atoms with E-state index in [1.165, 1.54) is 0 Å². The lowest BCUT2D eigenvalue weighted by Crippen LogP contribution is -2.19. The standard InChI is InChI=1S/C13H20N4O2/c1-4-7-14-10(3)12-16-17-13(19-12)15-8-11-6-5-9(2)18-11/h5-6,10,14H,4,7-8H2,1-3H3,(H,15,17). The molecule has 104 valence electrons. The van der Waals surface area contributed by atoms with Crippen LogP contribution in [-0.2, 0) is 6.54 Å². The summed E-state index contributed by atoms with van der Waals surface area (Å²) in [6.45, 7) is 7.49. The van der Waals surface area contributed by atoms with Gasteiger partial charge in [0.1, 0.15) is 11.5 Å². The van der Waals surface area contributed by atoms with E-state index in [9.17, 15) is 0 Å². The molecule has 2 N–H and O–H groups in total. The van der Waals surface area contributed by atoms with Gasteiger partial charge in [0.2, 0.25) is 5.89 Å². The van der Waals surface area contributed by atoms with Crippen molar-refractivity contribution >= 4 is 6.01 Å². The molecule has 2 aromatic rings. The summed E-state index contributed by atoms with van der Waals surface area (Å²) in [4.78, 5) is 0. The maximum Gasteiger partial charge on any atom is 0.315 e. The molecule has 6 heteroatoms. The van der Waals surface area contributed by atoms with Crippen molar-refractivity contribution in [1.29, 1.82) is 0 Å².